The first-order chi connectivity index (χ1) is 13.6. The van der Waals surface area contributed by atoms with Gasteiger partial charge in [0.2, 0.25) is 0 Å². The largest absolute Gasteiger partial charge is 0.493 e. The lowest BCUT2D eigenvalue weighted by atomic mass is 9.97. The van der Waals surface area contributed by atoms with Crippen molar-refractivity contribution in [3.05, 3.63) is 83.1 Å². The highest BCUT2D eigenvalue weighted by Gasteiger charge is 2.23. The molecule has 3 aromatic rings. The summed E-state index contributed by atoms with van der Waals surface area (Å²) < 4.78 is 19.4. The smallest absolute Gasteiger partial charge is 0.166 e. The van der Waals surface area contributed by atoms with Gasteiger partial charge in [0.25, 0.3) is 0 Å². The van der Waals surface area contributed by atoms with Gasteiger partial charge in [0, 0.05) is 36.1 Å². The molecule has 2 N–H and O–H groups in total. The predicted molar refractivity (Wildman–Crippen MR) is 109 cm³/mol. The van der Waals surface area contributed by atoms with Gasteiger partial charge >= 0.3 is 0 Å². The number of nitrogens with zero attached hydrogens (tertiary/aromatic N) is 3. The van der Waals surface area contributed by atoms with Gasteiger partial charge in [-0.25, -0.2) is 9.37 Å². The average molecular weight is 374 g/mol. The summed E-state index contributed by atoms with van der Waals surface area (Å²) in [5.74, 6) is 0.598. The monoisotopic (exact) mass is 374 g/mol. The Labute approximate surface area is 162 Å². The Morgan fingerprint density at radius 2 is 1.82 bits per heavy atom. The van der Waals surface area contributed by atoms with Crippen LogP contribution in [0.15, 0.2) is 60.0 Å². The highest BCUT2D eigenvalue weighted by Crippen LogP contribution is 2.38. The van der Waals surface area contributed by atoms with Crippen LogP contribution < -0.4 is 10.5 Å². The number of nitrogen functional groups attached to an aromatic ring is 1. The Morgan fingerprint density at radius 1 is 1.04 bits per heavy atom. The number of hydrogen-bond acceptors (Lipinski definition) is 5. The molecule has 0 fully saturated rings. The molecule has 6 heteroatoms. The van der Waals surface area contributed by atoms with Crippen LogP contribution in [0.25, 0.3) is 11.3 Å². The molecule has 2 aromatic heterocycles. The second-order valence-corrected chi connectivity index (χ2v) is 6.57. The lowest BCUT2D eigenvalue weighted by molar-refractivity contribution is 0.415. The third-order valence-corrected chi connectivity index (χ3v) is 4.79. The van der Waals surface area contributed by atoms with Crippen molar-refractivity contribution in [3.8, 4) is 5.75 Å². The first kappa shape index (κ1) is 17.9. The Kier molecular flexibility index (Phi) is 4.61. The number of allylic oxidation sites excluding steroid dienone is 1. The Morgan fingerprint density at radius 3 is 2.54 bits per heavy atom. The van der Waals surface area contributed by atoms with Crippen LogP contribution in [0.3, 0.4) is 0 Å². The summed E-state index contributed by atoms with van der Waals surface area (Å²) in [6, 6.07) is 10.9. The van der Waals surface area contributed by atoms with Gasteiger partial charge in [-0.1, -0.05) is 12.1 Å². The maximum atomic E-state index is 14.1. The summed E-state index contributed by atoms with van der Waals surface area (Å²) in [5.41, 5.74) is 11.6. The lowest BCUT2D eigenvalue weighted by Crippen LogP contribution is -2.01. The van der Waals surface area contributed by atoms with Gasteiger partial charge in [-0.15, -0.1) is 0 Å². The van der Waals surface area contributed by atoms with Crippen molar-refractivity contribution >= 4 is 22.8 Å². The lowest BCUT2D eigenvalue weighted by Gasteiger charge is -2.10. The molecule has 0 radical (unpaired) electrons. The Hall–Kier alpha value is -3.54. The molecule has 0 saturated heterocycles. The second kappa shape index (κ2) is 7.23. The number of methoxy groups -OCH3 is 1. The fraction of sp³-hybridized carbons (Fsp3) is 0.136. The standard InChI is InChI=1S/C22H19FN4O/c1-13-3-4-15(9-18(13)23)19-11-17(16-10-20(28-2)22(24)26-12-16)21(27-19)14-5-7-25-8-6-14/h3-10,12H,11H2,1-2H3,(H2,24,26). The van der Waals surface area contributed by atoms with Gasteiger partial charge < -0.3 is 10.5 Å². The van der Waals surface area contributed by atoms with Gasteiger partial charge in [0.15, 0.2) is 11.6 Å². The van der Waals surface area contributed by atoms with E-state index in [1.165, 1.54) is 6.07 Å². The van der Waals surface area contributed by atoms with Crippen LogP contribution in [0.5, 0.6) is 5.75 Å². The van der Waals surface area contributed by atoms with Crippen LogP contribution in [0.4, 0.5) is 10.2 Å². The van der Waals surface area contributed by atoms with Crippen LogP contribution in [-0.2, 0) is 0 Å². The maximum absolute atomic E-state index is 14.1. The van der Waals surface area contributed by atoms with E-state index < -0.39 is 0 Å². The summed E-state index contributed by atoms with van der Waals surface area (Å²) in [6.07, 6.45) is 5.71. The van der Waals surface area contributed by atoms with Crippen molar-refractivity contribution in [1.82, 2.24) is 9.97 Å². The van der Waals surface area contributed by atoms with Crippen molar-refractivity contribution < 1.29 is 9.13 Å². The molecule has 28 heavy (non-hydrogen) atoms. The third-order valence-electron chi connectivity index (χ3n) is 4.79. The Balaban J connectivity index is 1.82. The first-order valence-electron chi connectivity index (χ1n) is 8.84. The van der Waals surface area contributed by atoms with Crippen LogP contribution in [-0.4, -0.2) is 22.8 Å². The molecule has 4 rings (SSSR count). The fourth-order valence-electron chi connectivity index (χ4n) is 3.20. The highest BCUT2D eigenvalue weighted by molar-refractivity contribution is 6.16. The molecule has 0 spiro atoms. The van der Waals surface area contributed by atoms with E-state index in [0.29, 0.717) is 23.6 Å². The zero-order valence-electron chi connectivity index (χ0n) is 15.6. The van der Waals surface area contributed by atoms with Gasteiger partial charge in [-0.05, 0) is 47.9 Å². The molecule has 0 unspecified atom stereocenters. The number of halogens is 1. The van der Waals surface area contributed by atoms with Crippen LogP contribution in [0.2, 0.25) is 0 Å². The number of anilines is 1. The summed E-state index contributed by atoms with van der Waals surface area (Å²) >= 11 is 0. The molecule has 0 aliphatic carbocycles. The molecule has 0 saturated carbocycles. The minimum absolute atomic E-state index is 0.241. The normalized spacial score (nSPS) is 13.6. The minimum atomic E-state index is -0.241. The number of aryl methyl sites for hydroxylation is 1. The maximum Gasteiger partial charge on any atom is 0.166 e. The highest BCUT2D eigenvalue weighted by atomic mass is 19.1. The number of pyridine rings is 2. The number of aliphatic imine (C=N–C) groups is 1. The minimum Gasteiger partial charge on any atom is -0.493 e. The van der Waals surface area contributed by atoms with Crippen LogP contribution >= 0.6 is 0 Å². The third kappa shape index (κ3) is 3.24. The van der Waals surface area contributed by atoms with E-state index in [2.05, 4.69) is 9.97 Å². The molecular weight excluding hydrogens is 355 g/mol. The zero-order valence-corrected chi connectivity index (χ0v) is 15.6. The van der Waals surface area contributed by atoms with Gasteiger partial charge in [0.1, 0.15) is 5.82 Å². The predicted octanol–water partition coefficient (Wildman–Crippen LogP) is 4.28. The SMILES string of the molecule is COc1cc(C2=C(c3ccncc3)N=C(c3ccc(C)c(F)c3)C2)cnc1N. The first-order valence-corrected chi connectivity index (χ1v) is 8.84. The summed E-state index contributed by atoms with van der Waals surface area (Å²) in [7, 11) is 1.56. The number of nitrogens with two attached hydrogens (primary N) is 1. The van der Waals surface area contributed by atoms with E-state index in [0.717, 1.165) is 33.7 Å². The van der Waals surface area contributed by atoms with Crippen LogP contribution in [0, 0.1) is 12.7 Å². The number of ether oxygens (including phenoxy) is 1. The van der Waals surface area contributed by atoms with Crippen molar-refractivity contribution in [2.24, 2.45) is 4.99 Å². The van der Waals surface area contributed by atoms with Gasteiger partial charge in [0.05, 0.1) is 18.5 Å². The summed E-state index contributed by atoms with van der Waals surface area (Å²) in [4.78, 5) is 13.2. The van der Waals surface area contributed by atoms with E-state index in [1.807, 2.05) is 24.3 Å². The van der Waals surface area contributed by atoms with E-state index in [-0.39, 0.29) is 5.82 Å². The summed E-state index contributed by atoms with van der Waals surface area (Å²) in [5, 5.41) is 0. The molecule has 5 nitrogen and oxygen atoms in total. The molecule has 1 aliphatic rings. The molecule has 0 atom stereocenters. The van der Waals surface area contributed by atoms with E-state index >= 15 is 0 Å². The molecule has 140 valence electrons. The van der Waals surface area contributed by atoms with Gasteiger partial charge in [-0.3, -0.25) is 9.98 Å². The number of hydrogen-bond donors (Lipinski definition) is 1. The molecule has 0 amide bonds. The van der Waals surface area contributed by atoms with E-state index in [4.69, 9.17) is 15.5 Å². The number of benzene rings is 1. The second-order valence-electron chi connectivity index (χ2n) is 6.57. The van der Waals surface area contributed by atoms with Gasteiger partial charge in [-0.2, -0.15) is 0 Å². The average Bonchev–Trinajstić information content (AvgIpc) is 3.16. The van der Waals surface area contributed by atoms with E-state index in [9.17, 15) is 4.39 Å². The number of rotatable bonds is 4. The van der Waals surface area contributed by atoms with Crippen molar-refractivity contribution in [3.63, 3.8) is 0 Å². The topological polar surface area (TPSA) is 73.4 Å². The summed E-state index contributed by atoms with van der Waals surface area (Å²) in [6.45, 7) is 1.74. The van der Waals surface area contributed by atoms with Crippen molar-refractivity contribution in [2.45, 2.75) is 13.3 Å². The van der Waals surface area contributed by atoms with E-state index in [1.54, 1.807) is 38.7 Å². The van der Waals surface area contributed by atoms with Crippen LogP contribution in [0.1, 0.15) is 28.7 Å². The molecule has 3 heterocycles. The zero-order chi connectivity index (χ0) is 19.7. The molecular formula is C22H19FN4O. The molecule has 0 bridgehead atoms. The molecule has 1 aromatic carbocycles. The number of aromatic nitrogens is 2. The molecule has 1 aliphatic heterocycles. The quantitative estimate of drug-likeness (QED) is 0.740. The van der Waals surface area contributed by atoms with Crippen molar-refractivity contribution in [2.75, 3.05) is 12.8 Å². The fourth-order valence-corrected chi connectivity index (χ4v) is 3.20. The van der Waals surface area contributed by atoms with Crippen molar-refractivity contribution in [1.29, 1.82) is 0 Å². The Bertz CT molecular complexity index is 1110.